The van der Waals surface area contributed by atoms with Crippen molar-refractivity contribution in [1.82, 2.24) is 19.1 Å². The molecule has 152 valence electrons. The number of hydrogen-bond donors (Lipinski definition) is 2. The third-order valence-electron chi connectivity index (χ3n) is 4.88. The van der Waals surface area contributed by atoms with E-state index in [9.17, 15) is 18.0 Å². The first-order chi connectivity index (χ1) is 13.8. The standard InChI is InChI=1S/C19H21N5O4S/c1-12-7-13-10-20-22-19(13)16(8-12)29(27,28)23(2)11-17(25)21-14-5-6-24(15-3-4-15)18(26)9-14/h5-10,15H,3-4,11H2,1-2H3,(H,20,22)(H,21,25). The Labute approximate surface area is 167 Å². The molecule has 0 radical (unpaired) electrons. The number of aromatic nitrogens is 3. The van der Waals surface area contributed by atoms with Crippen molar-refractivity contribution < 1.29 is 13.2 Å². The van der Waals surface area contributed by atoms with Crippen molar-refractivity contribution in [1.29, 1.82) is 0 Å². The van der Waals surface area contributed by atoms with Gasteiger partial charge in [-0.1, -0.05) is 0 Å². The molecule has 2 N–H and O–H groups in total. The number of nitrogens with one attached hydrogen (secondary N) is 2. The van der Waals surface area contributed by atoms with E-state index in [1.165, 1.54) is 13.1 Å². The molecule has 1 fully saturated rings. The molecule has 4 rings (SSSR count). The average Bonchev–Trinajstić information content (AvgIpc) is 3.38. The molecule has 0 bridgehead atoms. The van der Waals surface area contributed by atoms with Crippen LogP contribution in [0, 0.1) is 6.92 Å². The van der Waals surface area contributed by atoms with Crippen molar-refractivity contribution in [2.75, 3.05) is 18.9 Å². The Bertz CT molecular complexity index is 1260. The molecule has 0 spiro atoms. The molecular weight excluding hydrogens is 394 g/mol. The van der Waals surface area contributed by atoms with Crippen molar-refractivity contribution >= 4 is 32.5 Å². The van der Waals surface area contributed by atoms with Crippen LogP contribution in [0.4, 0.5) is 5.69 Å². The SMILES string of the molecule is Cc1cc(S(=O)(=O)N(C)CC(=O)Nc2ccn(C3CC3)c(=O)c2)c2[nH]ncc2c1. The summed E-state index contributed by atoms with van der Waals surface area (Å²) in [7, 11) is -2.59. The van der Waals surface area contributed by atoms with Gasteiger partial charge in [-0.3, -0.25) is 14.7 Å². The summed E-state index contributed by atoms with van der Waals surface area (Å²) in [5.41, 5.74) is 1.32. The number of nitrogens with zero attached hydrogens (tertiary/aromatic N) is 3. The molecule has 0 atom stereocenters. The summed E-state index contributed by atoms with van der Waals surface area (Å²) in [6.45, 7) is 1.40. The van der Waals surface area contributed by atoms with E-state index < -0.39 is 22.5 Å². The van der Waals surface area contributed by atoms with Crippen LogP contribution in [0.3, 0.4) is 0 Å². The number of likely N-dealkylation sites (N-methyl/N-ethyl adjacent to an activating group) is 1. The van der Waals surface area contributed by atoms with Crippen LogP contribution >= 0.6 is 0 Å². The minimum atomic E-state index is -3.93. The van der Waals surface area contributed by atoms with E-state index >= 15 is 0 Å². The molecule has 1 amide bonds. The zero-order valence-electron chi connectivity index (χ0n) is 16.0. The number of rotatable bonds is 6. The number of sulfonamides is 1. The minimum absolute atomic E-state index is 0.0623. The van der Waals surface area contributed by atoms with Gasteiger partial charge in [0.25, 0.3) is 5.56 Å². The van der Waals surface area contributed by atoms with Gasteiger partial charge in [-0.25, -0.2) is 8.42 Å². The molecule has 9 nitrogen and oxygen atoms in total. The number of hydrogen-bond acceptors (Lipinski definition) is 5. The number of aromatic amines is 1. The fourth-order valence-corrected chi connectivity index (χ4v) is 4.63. The smallest absolute Gasteiger partial charge is 0.252 e. The number of benzene rings is 1. The van der Waals surface area contributed by atoms with Crippen LogP contribution in [-0.2, 0) is 14.8 Å². The maximum absolute atomic E-state index is 13.0. The third-order valence-corrected chi connectivity index (χ3v) is 6.71. The number of pyridine rings is 1. The molecule has 3 aromatic rings. The lowest BCUT2D eigenvalue weighted by Gasteiger charge is -2.18. The summed E-state index contributed by atoms with van der Waals surface area (Å²) in [5.74, 6) is -0.534. The molecule has 0 unspecified atom stereocenters. The summed E-state index contributed by atoms with van der Waals surface area (Å²) >= 11 is 0. The van der Waals surface area contributed by atoms with Crippen molar-refractivity contribution in [3.05, 3.63) is 52.6 Å². The maximum atomic E-state index is 13.0. The summed E-state index contributed by atoms with van der Waals surface area (Å²) in [5, 5.41) is 9.87. The topological polar surface area (TPSA) is 117 Å². The first-order valence-electron chi connectivity index (χ1n) is 9.18. The quantitative estimate of drug-likeness (QED) is 0.635. The fraction of sp³-hybridized carbons (Fsp3) is 0.316. The van der Waals surface area contributed by atoms with E-state index in [-0.39, 0.29) is 16.5 Å². The van der Waals surface area contributed by atoms with Gasteiger partial charge in [0.1, 0.15) is 4.90 Å². The first-order valence-corrected chi connectivity index (χ1v) is 10.6. The van der Waals surface area contributed by atoms with Crippen LogP contribution in [-0.4, -0.2) is 47.0 Å². The van der Waals surface area contributed by atoms with Gasteiger partial charge in [-0.15, -0.1) is 0 Å². The number of fused-ring (bicyclic) bond motifs is 1. The molecule has 1 aliphatic rings. The van der Waals surface area contributed by atoms with Gasteiger partial charge >= 0.3 is 0 Å². The predicted octanol–water partition coefficient (Wildman–Crippen LogP) is 1.63. The van der Waals surface area contributed by atoms with Crippen LogP contribution < -0.4 is 10.9 Å². The summed E-state index contributed by atoms with van der Waals surface area (Å²) in [6.07, 6.45) is 5.17. The molecular formula is C19H21N5O4S. The van der Waals surface area contributed by atoms with Crippen molar-refractivity contribution in [2.45, 2.75) is 30.7 Å². The Kier molecular flexibility index (Phi) is 4.75. The highest BCUT2D eigenvalue weighted by molar-refractivity contribution is 7.89. The van der Waals surface area contributed by atoms with E-state index in [4.69, 9.17) is 0 Å². The van der Waals surface area contributed by atoms with E-state index in [1.54, 1.807) is 36.0 Å². The Morgan fingerprint density at radius 1 is 1.34 bits per heavy atom. The lowest BCUT2D eigenvalue weighted by molar-refractivity contribution is -0.116. The summed E-state index contributed by atoms with van der Waals surface area (Å²) in [4.78, 5) is 24.5. The van der Waals surface area contributed by atoms with Crippen molar-refractivity contribution in [2.24, 2.45) is 0 Å². The molecule has 2 heterocycles. The Balaban J connectivity index is 1.51. The normalized spacial score (nSPS) is 14.4. The highest BCUT2D eigenvalue weighted by atomic mass is 32.2. The minimum Gasteiger partial charge on any atom is -0.325 e. The van der Waals surface area contributed by atoms with E-state index in [1.807, 2.05) is 6.07 Å². The number of carbonyl (C=O) groups is 1. The Hall–Kier alpha value is -2.98. The molecule has 1 saturated carbocycles. The highest BCUT2D eigenvalue weighted by Crippen LogP contribution is 2.33. The zero-order chi connectivity index (χ0) is 20.8. The number of aryl methyl sites for hydroxylation is 1. The molecule has 0 aliphatic heterocycles. The van der Waals surface area contributed by atoms with E-state index in [0.29, 0.717) is 16.6 Å². The molecule has 0 saturated heterocycles. The fourth-order valence-electron chi connectivity index (χ4n) is 3.25. The number of anilines is 1. The third kappa shape index (κ3) is 3.81. The van der Waals surface area contributed by atoms with Crippen LogP contribution in [0.15, 0.2) is 46.3 Å². The summed E-state index contributed by atoms with van der Waals surface area (Å²) in [6, 6.07) is 6.60. The lowest BCUT2D eigenvalue weighted by Crippen LogP contribution is -2.35. The van der Waals surface area contributed by atoms with Gasteiger partial charge in [0, 0.05) is 36.4 Å². The lowest BCUT2D eigenvalue weighted by atomic mass is 10.2. The average molecular weight is 415 g/mol. The van der Waals surface area contributed by atoms with Gasteiger partial charge in [0.2, 0.25) is 15.9 Å². The molecule has 1 aliphatic carbocycles. The van der Waals surface area contributed by atoms with Gasteiger partial charge in [-0.05, 0) is 43.5 Å². The maximum Gasteiger partial charge on any atom is 0.252 e. The number of carbonyl (C=O) groups excluding carboxylic acids is 1. The van der Waals surface area contributed by atoms with Crippen LogP contribution in [0.1, 0.15) is 24.4 Å². The second-order valence-corrected chi connectivity index (χ2v) is 9.31. The molecule has 2 aromatic heterocycles. The number of amides is 1. The van der Waals surface area contributed by atoms with Gasteiger partial charge in [0.05, 0.1) is 18.3 Å². The summed E-state index contributed by atoms with van der Waals surface area (Å²) < 4.78 is 28.6. The van der Waals surface area contributed by atoms with Gasteiger partial charge in [0.15, 0.2) is 0 Å². The second kappa shape index (κ2) is 7.12. The van der Waals surface area contributed by atoms with Crippen LogP contribution in [0.5, 0.6) is 0 Å². The van der Waals surface area contributed by atoms with Crippen LogP contribution in [0.25, 0.3) is 10.9 Å². The largest absolute Gasteiger partial charge is 0.325 e. The molecule has 29 heavy (non-hydrogen) atoms. The Morgan fingerprint density at radius 3 is 2.79 bits per heavy atom. The Morgan fingerprint density at radius 2 is 2.10 bits per heavy atom. The van der Waals surface area contributed by atoms with E-state index in [2.05, 4.69) is 15.5 Å². The first kappa shape index (κ1) is 19.3. The highest BCUT2D eigenvalue weighted by Gasteiger charge is 2.27. The molecule has 10 heteroatoms. The van der Waals surface area contributed by atoms with Crippen LogP contribution in [0.2, 0.25) is 0 Å². The zero-order valence-corrected chi connectivity index (χ0v) is 16.9. The van der Waals surface area contributed by atoms with Gasteiger partial charge < -0.3 is 9.88 Å². The van der Waals surface area contributed by atoms with Crippen molar-refractivity contribution in [3.63, 3.8) is 0 Å². The molecule has 1 aromatic carbocycles. The van der Waals surface area contributed by atoms with E-state index in [0.717, 1.165) is 22.7 Å². The van der Waals surface area contributed by atoms with Crippen molar-refractivity contribution in [3.8, 4) is 0 Å². The second-order valence-electron chi connectivity index (χ2n) is 7.30. The predicted molar refractivity (Wildman–Crippen MR) is 108 cm³/mol. The monoisotopic (exact) mass is 415 g/mol. The van der Waals surface area contributed by atoms with Gasteiger partial charge in [-0.2, -0.15) is 9.40 Å². The number of H-pyrrole nitrogens is 1.